The summed E-state index contributed by atoms with van der Waals surface area (Å²) in [7, 11) is 0. The zero-order chi connectivity index (χ0) is 13.0. The molecule has 1 heterocycles. The molecule has 2 rings (SSSR count). The molecule has 0 bridgehead atoms. The van der Waals surface area contributed by atoms with Crippen LogP contribution >= 0.6 is 0 Å². The lowest BCUT2D eigenvalue weighted by atomic mass is 10.2. The standard InChI is InChI=1S/C12H14N4O2/c1-2-16(8-9-6-4-3-5-7-9)12(17)10-11(13)15-18-14-10/h3-7H,2,8H2,1H3,(H2,13,15). The van der Waals surface area contributed by atoms with Crippen LogP contribution in [0.25, 0.3) is 0 Å². The average Bonchev–Trinajstić information content (AvgIpc) is 2.82. The van der Waals surface area contributed by atoms with Gasteiger partial charge in [0, 0.05) is 13.1 Å². The maximum absolute atomic E-state index is 12.1. The molecule has 18 heavy (non-hydrogen) atoms. The van der Waals surface area contributed by atoms with Gasteiger partial charge in [-0.3, -0.25) is 4.79 Å². The van der Waals surface area contributed by atoms with E-state index in [-0.39, 0.29) is 17.4 Å². The second-order valence-electron chi connectivity index (χ2n) is 3.80. The van der Waals surface area contributed by atoms with Gasteiger partial charge in [-0.05, 0) is 22.8 Å². The van der Waals surface area contributed by atoms with E-state index < -0.39 is 0 Å². The fourth-order valence-corrected chi connectivity index (χ4v) is 1.62. The quantitative estimate of drug-likeness (QED) is 0.879. The second-order valence-corrected chi connectivity index (χ2v) is 3.80. The summed E-state index contributed by atoms with van der Waals surface area (Å²) in [5.41, 5.74) is 6.62. The van der Waals surface area contributed by atoms with Crippen LogP contribution in [0.15, 0.2) is 35.0 Å². The Hall–Kier alpha value is -2.37. The van der Waals surface area contributed by atoms with Gasteiger partial charge in [0.1, 0.15) is 0 Å². The van der Waals surface area contributed by atoms with Crippen LogP contribution < -0.4 is 5.73 Å². The van der Waals surface area contributed by atoms with Gasteiger partial charge in [-0.15, -0.1) is 0 Å². The Bertz CT molecular complexity index is 524. The van der Waals surface area contributed by atoms with Crippen LogP contribution in [0, 0.1) is 0 Å². The fraction of sp³-hybridized carbons (Fsp3) is 0.250. The predicted molar refractivity (Wildman–Crippen MR) is 65.6 cm³/mol. The summed E-state index contributed by atoms with van der Waals surface area (Å²) in [5, 5.41) is 6.93. The van der Waals surface area contributed by atoms with E-state index in [4.69, 9.17) is 5.73 Å². The molecule has 0 unspecified atom stereocenters. The number of carbonyl (C=O) groups is 1. The average molecular weight is 246 g/mol. The summed E-state index contributed by atoms with van der Waals surface area (Å²) in [6, 6.07) is 9.71. The number of carbonyl (C=O) groups excluding carboxylic acids is 1. The van der Waals surface area contributed by atoms with Crippen LogP contribution in [0.1, 0.15) is 23.0 Å². The number of aromatic nitrogens is 2. The van der Waals surface area contributed by atoms with Crippen LogP contribution in [0.3, 0.4) is 0 Å². The molecular formula is C12H14N4O2. The highest BCUT2D eigenvalue weighted by molar-refractivity contribution is 5.95. The number of nitrogens with zero attached hydrogens (tertiary/aromatic N) is 3. The maximum atomic E-state index is 12.1. The minimum Gasteiger partial charge on any atom is -0.379 e. The third-order valence-electron chi connectivity index (χ3n) is 2.60. The Labute approximate surface area is 104 Å². The highest BCUT2D eigenvalue weighted by Gasteiger charge is 2.21. The monoisotopic (exact) mass is 246 g/mol. The fourth-order valence-electron chi connectivity index (χ4n) is 1.62. The predicted octanol–water partition coefficient (Wildman–Crippen LogP) is 1.31. The minimum atomic E-state index is -0.278. The van der Waals surface area contributed by atoms with Gasteiger partial charge in [-0.1, -0.05) is 30.3 Å². The van der Waals surface area contributed by atoms with E-state index in [0.717, 1.165) is 5.56 Å². The maximum Gasteiger partial charge on any atom is 0.280 e. The smallest absolute Gasteiger partial charge is 0.280 e. The normalized spacial score (nSPS) is 10.3. The molecule has 0 saturated carbocycles. The molecule has 0 atom stereocenters. The molecule has 94 valence electrons. The highest BCUT2D eigenvalue weighted by Crippen LogP contribution is 2.11. The molecule has 0 aliphatic carbocycles. The lowest BCUT2D eigenvalue weighted by Gasteiger charge is -2.19. The van der Waals surface area contributed by atoms with Gasteiger partial charge in [0.05, 0.1) is 0 Å². The lowest BCUT2D eigenvalue weighted by Crippen LogP contribution is -2.31. The Kier molecular flexibility index (Phi) is 3.57. The van der Waals surface area contributed by atoms with Crippen molar-refractivity contribution in [3.05, 3.63) is 41.6 Å². The zero-order valence-electron chi connectivity index (χ0n) is 10.0. The number of nitrogens with two attached hydrogens (primary N) is 1. The Morgan fingerprint density at radius 1 is 1.33 bits per heavy atom. The Morgan fingerprint density at radius 2 is 2.06 bits per heavy atom. The molecular weight excluding hydrogens is 232 g/mol. The highest BCUT2D eigenvalue weighted by atomic mass is 16.6. The first-order chi connectivity index (χ1) is 8.72. The van der Waals surface area contributed by atoms with Crippen molar-refractivity contribution in [2.75, 3.05) is 12.3 Å². The summed E-state index contributed by atoms with van der Waals surface area (Å²) in [6.45, 7) is 2.95. The van der Waals surface area contributed by atoms with Crippen LogP contribution in [0.4, 0.5) is 5.82 Å². The molecule has 0 fully saturated rings. The number of hydrogen-bond donors (Lipinski definition) is 1. The molecule has 1 aromatic carbocycles. The first-order valence-electron chi connectivity index (χ1n) is 5.63. The van der Waals surface area contributed by atoms with E-state index in [1.807, 2.05) is 37.3 Å². The van der Waals surface area contributed by atoms with Gasteiger partial charge >= 0.3 is 0 Å². The van der Waals surface area contributed by atoms with Gasteiger partial charge in [-0.2, -0.15) is 0 Å². The first-order valence-corrected chi connectivity index (χ1v) is 5.63. The van der Waals surface area contributed by atoms with Crippen LogP contribution in [-0.4, -0.2) is 27.7 Å². The summed E-state index contributed by atoms with van der Waals surface area (Å²) >= 11 is 0. The zero-order valence-corrected chi connectivity index (χ0v) is 10.0. The number of benzene rings is 1. The molecule has 0 saturated heterocycles. The summed E-state index contributed by atoms with van der Waals surface area (Å²) in [5.74, 6) is -0.258. The molecule has 0 spiro atoms. The molecule has 1 aromatic heterocycles. The number of anilines is 1. The van der Waals surface area contributed by atoms with Gasteiger partial charge in [-0.25, -0.2) is 4.63 Å². The van der Waals surface area contributed by atoms with E-state index in [1.54, 1.807) is 4.90 Å². The molecule has 2 aromatic rings. The Balaban J connectivity index is 2.15. The molecule has 2 N–H and O–H groups in total. The third kappa shape index (κ3) is 2.48. The minimum absolute atomic E-state index is 0.0199. The second kappa shape index (κ2) is 5.31. The van der Waals surface area contributed by atoms with Crippen molar-refractivity contribution in [1.29, 1.82) is 0 Å². The van der Waals surface area contributed by atoms with Crippen molar-refractivity contribution in [2.45, 2.75) is 13.5 Å². The van der Waals surface area contributed by atoms with Gasteiger partial charge in [0.25, 0.3) is 5.91 Å². The van der Waals surface area contributed by atoms with E-state index >= 15 is 0 Å². The largest absolute Gasteiger partial charge is 0.379 e. The molecule has 1 amide bonds. The SMILES string of the molecule is CCN(Cc1ccccc1)C(=O)c1nonc1N. The van der Waals surface area contributed by atoms with E-state index in [9.17, 15) is 4.79 Å². The number of nitrogen functional groups attached to an aromatic ring is 1. The molecule has 6 heteroatoms. The van der Waals surface area contributed by atoms with Crippen molar-refractivity contribution >= 4 is 11.7 Å². The number of rotatable bonds is 4. The van der Waals surface area contributed by atoms with E-state index in [2.05, 4.69) is 14.9 Å². The van der Waals surface area contributed by atoms with E-state index in [1.165, 1.54) is 0 Å². The van der Waals surface area contributed by atoms with Crippen molar-refractivity contribution in [3.8, 4) is 0 Å². The van der Waals surface area contributed by atoms with Crippen molar-refractivity contribution < 1.29 is 9.42 Å². The van der Waals surface area contributed by atoms with Gasteiger partial charge < -0.3 is 10.6 Å². The summed E-state index contributed by atoms with van der Waals surface area (Å²) in [4.78, 5) is 13.8. The third-order valence-corrected chi connectivity index (χ3v) is 2.60. The molecule has 6 nitrogen and oxygen atoms in total. The van der Waals surface area contributed by atoms with Gasteiger partial charge in [0.15, 0.2) is 0 Å². The molecule has 0 radical (unpaired) electrons. The first kappa shape index (κ1) is 12.1. The van der Waals surface area contributed by atoms with Crippen LogP contribution in [-0.2, 0) is 6.54 Å². The number of hydrogen-bond acceptors (Lipinski definition) is 5. The summed E-state index contributed by atoms with van der Waals surface area (Å²) < 4.78 is 4.44. The summed E-state index contributed by atoms with van der Waals surface area (Å²) in [6.07, 6.45) is 0. The Morgan fingerprint density at radius 3 is 2.61 bits per heavy atom. The topological polar surface area (TPSA) is 85.2 Å². The van der Waals surface area contributed by atoms with E-state index in [0.29, 0.717) is 13.1 Å². The lowest BCUT2D eigenvalue weighted by molar-refractivity contribution is 0.0742. The van der Waals surface area contributed by atoms with Crippen LogP contribution in [0.5, 0.6) is 0 Å². The molecule has 0 aliphatic heterocycles. The van der Waals surface area contributed by atoms with Crippen molar-refractivity contribution in [3.63, 3.8) is 0 Å². The van der Waals surface area contributed by atoms with Crippen molar-refractivity contribution in [2.24, 2.45) is 0 Å². The van der Waals surface area contributed by atoms with Crippen LogP contribution in [0.2, 0.25) is 0 Å². The molecule has 0 aliphatic rings. The number of amides is 1. The van der Waals surface area contributed by atoms with Gasteiger partial charge in [0.2, 0.25) is 11.5 Å². The van der Waals surface area contributed by atoms with Crippen molar-refractivity contribution in [1.82, 2.24) is 15.2 Å².